The number of methoxy groups -OCH3 is 1. The van der Waals surface area contributed by atoms with Crippen molar-refractivity contribution < 1.29 is 17.9 Å². The SMILES string of the molecule is C#CCn1c(=NC(=O)c2ccccc2OC)sc2cc(S(C)(=O)=O)ccc21. The summed E-state index contributed by atoms with van der Waals surface area (Å²) in [6, 6.07) is 11.6. The summed E-state index contributed by atoms with van der Waals surface area (Å²) < 4.78 is 31.2. The molecule has 0 fully saturated rings. The summed E-state index contributed by atoms with van der Waals surface area (Å²) in [6.45, 7) is 0.205. The van der Waals surface area contributed by atoms with E-state index in [1.54, 1.807) is 41.0 Å². The van der Waals surface area contributed by atoms with E-state index < -0.39 is 15.7 Å². The van der Waals surface area contributed by atoms with Crippen LogP contribution in [-0.2, 0) is 16.4 Å². The number of ether oxygens (including phenoxy) is 1. The molecule has 3 rings (SSSR count). The Kier molecular flexibility index (Phi) is 5.17. The third-order valence-electron chi connectivity index (χ3n) is 3.87. The van der Waals surface area contributed by atoms with E-state index in [-0.39, 0.29) is 11.4 Å². The fraction of sp³-hybridized carbons (Fsp3) is 0.158. The van der Waals surface area contributed by atoms with Crippen LogP contribution in [0.4, 0.5) is 0 Å². The second kappa shape index (κ2) is 7.39. The lowest BCUT2D eigenvalue weighted by Gasteiger charge is -2.04. The quantitative estimate of drug-likeness (QED) is 0.631. The number of rotatable bonds is 4. The number of aromatic nitrogens is 1. The van der Waals surface area contributed by atoms with Gasteiger partial charge in [-0.2, -0.15) is 4.99 Å². The summed E-state index contributed by atoms with van der Waals surface area (Å²) in [6.07, 6.45) is 6.60. The number of carbonyl (C=O) groups is 1. The zero-order chi connectivity index (χ0) is 19.6. The van der Waals surface area contributed by atoms with Gasteiger partial charge in [-0.15, -0.1) is 6.42 Å². The fourth-order valence-corrected chi connectivity index (χ4v) is 4.37. The van der Waals surface area contributed by atoms with Crippen LogP contribution in [0.1, 0.15) is 10.4 Å². The lowest BCUT2D eigenvalue weighted by Crippen LogP contribution is -2.16. The molecule has 1 aromatic heterocycles. The van der Waals surface area contributed by atoms with Gasteiger partial charge in [-0.25, -0.2) is 8.42 Å². The second-order valence-corrected chi connectivity index (χ2v) is 8.72. The molecule has 0 saturated heterocycles. The number of para-hydroxylation sites is 1. The fourth-order valence-electron chi connectivity index (χ4n) is 2.58. The number of thiazole rings is 1. The average Bonchev–Trinajstić information content (AvgIpc) is 2.97. The Labute approximate surface area is 160 Å². The van der Waals surface area contributed by atoms with Gasteiger partial charge in [0, 0.05) is 6.26 Å². The first kappa shape index (κ1) is 18.9. The molecule has 1 amide bonds. The molecule has 0 saturated carbocycles. The number of fused-ring (bicyclic) bond motifs is 1. The summed E-state index contributed by atoms with van der Waals surface area (Å²) in [5, 5.41) is 0. The van der Waals surface area contributed by atoms with E-state index in [4.69, 9.17) is 11.2 Å². The summed E-state index contributed by atoms with van der Waals surface area (Å²) in [5.74, 6) is 2.50. The van der Waals surface area contributed by atoms with Crippen molar-refractivity contribution in [2.75, 3.05) is 13.4 Å². The highest BCUT2D eigenvalue weighted by molar-refractivity contribution is 7.90. The molecule has 0 spiro atoms. The van der Waals surface area contributed by atoms with Crippen LogP contribution in [0.15, 0.2) is 52.4 Å². The Morgan fingerprint density at radius 2 is 2.04 bits per heavy atom. The molecule has 0 aliphatic heterocycles. The van der Waals surface area contributed by atoms with Gasteiger partial charge in [-0.05, 0) is 30.3 Å². The first-order chi connectivity index (χ1) is 12.8. The third-order valence-corrected chi connectivity index (χ3v) is 6.02. The second-order valence-electron chi connectivity index (χ2n) is 5.69. The topological polar surface area (TPSA) is 77.7 Å². The average molecular weight is 400 g/mol. The van der Waals surface area contributed by atoms with Crippen LogP contribution in [0.25, 0.3) is 10.2 Å². The molecule has 138 valence electrons. The molecule has 3 aromatic rings. The number of hydrogen-bond donors (Lipinski definition) is 0. The predicted molar refractivity (Wildman–Crippen MR) is 105 cm³/mol. The molecule has 0 radical (unpaired) electrons. The zero-order valence-electron chi connectivity index (χ0n) is 14.7. The highest BCUT2D eigenvalue weighted by Gasteiger charge is 2.14. The van der Waals surface area contributed by atoms with E-state index in [9.17, 15) is 13.2 Å². The number of sulfone groups is 1. The molecular formula is C19H16N2O4S2. The van der Waals surface area contributed by atoms with E-state index in [0.717, 1.165) is 11.8 Å². The van der Waals surface area contributed by atoms with E-state index >= 15 is 0 Å². The van der Waals surface area contributed by atoms with Crippen LogP contribution in [0.3, 0.4) is 0 Å². The van der Waals surface area contributed by atoms with Crippen LogP contribution in [-0.4, -0.2) is 32.3 Å². The number of carbonyl (C=O) groups excluding carboxylic acids is 1. The molecule has 0 atom stereocenters. The molecule has 6 nitrogen and oxygen atoms in total. The molecule has 0 bridgehead atoms. The molecule has 8 heteroatoms. The highest BCUT2D eigenvalue weighted by atomic mass is 32.2. The van der Waals surface area contributed by atoms with Crippen LogP contribution in [0.2, 0.25) is 0 Å². The van der Waals surface area contributed by atoms with Gasteiger partial charge in [-0.3, -0.25) is 4.79 Å². The minimum absolute atomic E-state index is 0.201. The first-order valence-corrected chi connectivity index (χ1v) is 10.5. The van der Waals surface area contributed by atoms with Crippen molar-refractivity contribution in [2.45, 2.75) is 11.4 Å². The Morgan fingerprint density at radius 1 is 1.30 bits per heavy atom. The first-order valence-electron chi connectivity index (χ1n) is 7.84. The van der Waals surface area contributed by atoms with Gasteiger partial charge in [0.25, 0.3) is 5.91 Å². The molecule has 0 aliphatic carbocycles. The molecule has 2 aromatic carbocycles. The Hall–Kier alpha value is -2.89. The van der Waals surface area contributed by atoms with Gasteiger partial charge in [-0.1, -0.05) is 29.4 Å². The van der Waals surface area contributed by atoms with Crippen molar-refractivity contribution in [3.05, 3.63) is 52.8 Å². The number of hydrogen-bond acceptors (Lipinski definition) is 5. The monoisotopic (exact) mass is 400 g/mol. The smallest absolute Gasteiger partial charge is 0.283 e. The summed E-state index contributed by atoms with van der Waals surface area (Å²) in [4.78, 5) is 17.4. The Bertz CT molecular complexity index is 1240. The lowest BCUT2D eigenvalue weighted by molar-refractivity contribution is 0.0995. The predicted octanol–water partition coefficient (Wildman–Crippen LogP) is 2.49. The van der Waals surface area contributed by atoms with E-state index in [2.05, 4.69) is 10.9 Å². The standard InChI is InChI=1S/C19H16N2O4S2/c1-4-11-21-15-10-9-13(27(3,23)24)12-17(15)26-19(21)20-18(22)14-7-5-6-8-16(14)25-2/h1,5-10,12H,11H2,2-3H3. The van der Waals surface area contributed by atoms with Crippen molar-refractivity contribution in [1.29, 1.82) is 0 Å². The maximum absolute atomic E-state index is 12.7. The lowest BCUT2D eigenvalue weighted by atomic mass is 10.2. The summed E-state index contributed by atoms with van der Waals surface area (Å²) in [5.41, 5.74) is 1.05. The number of terminal acetylenes is 1. The minimum atomic E-state index is -3.34. The van der Waals surface area contributed by atoms with Gasteiger partial charge < -0.3 is 9.30 Å². The number of nitrogens with zero attached hydrogens (tertiary/aromatic N) is 2. The van der Waals surface area contributed by atoms with Gasteiger partial charge in [0.1, 0.15) is 5.75 Å². The van der Waals surface area contributed by atoms with Crippen molar-refractivity contribution >= 4 is 37.3 Å². The van der Waals surface area contributed by atoms with Crippen LogP contribution >= 0.6 is 11.3 Å². The molecule has 27 heavy (non-hydrogen) atoms. The molecule has 0 unspecified atom stereocenters. The molecule has 0 aliphatic rings. The van der Waals surface area contributed by atoms with Crippen LogP contribution < -0.4 is 9.54 Å². The highest BCUT2D eigenvalue weighted by Crippen LogP contribution is 2.22. The van der Waals surface area contributed by atoms with Gasteiger partial charge in [0.05, 0.1) is 34.3 Å². The van der Waals surface area contributed by atoms with Crippen molar-refractivity contribution in [2.24, 2.45) is 4.99 Å². The van der Waals surface area contributed by atoms with Crippen LogP contribution in [0, 0.1) is 12.3 Å². The minimum Gasteiger partial charge on any atom is -0.496 e. The van der Waals surface area contributed by atoms with Crippen molar-refractivity contribution in [1.82, 2.24) is 4.57 Å². The van der Waals surface area contributed by atoms with Gasteiger partial charge in [0.15, 0.2) is 14.6 Å². The summed E-state index contributed by atoms with van der Waals surface area (Å²) >= 11 is 1.21. The molecule has 1 heterocycles. The maximum atomic E-state index is 12.7. The molecular weight excluding hydrogens is 384 g/mol. The van der Waals surface area contributed by atoms with Crippen LogP contribution in [0.5, 0.6) is 5.75 Å². The van der Waals surface area contributed by atoms with E-state index in [1.165, 1.54) is 24.5 Å². The molecule has 0 N–H and O–H groups in total. The van der Waals surface area contributed by atoms with Crippen molar-refractivity contribution in [3.8, 4) is 18.1 Å². The number of amides is 1. The Balaban J connectivity index is 2.20. The van der Waals surface area contributed by atoms with E-state index in [1.807, 2.05) is 0 Å². The largest absolute Gasteiger partial charge is 0.496 e. The van der Waals surface area contributed by atoms with Gasteiger partial charge >= 0.3 is 0 Å². The zero-order valence-corrected chi connectivity index (χ0v) is 16.3. The maximum Gasteiger partial charge on any atom is 0.283 e. The van der Waals surface area contributed by atoms with E-state index in [0.29, 0.717) is 20.8 Å². The summed E-state index contributed by atoms with van der Waals surface area (Å²) in [7, 11) is -1.86. The van der Waals surface area contributed by atoms with Crippen molar-refractivity contribution in [3.63, 3.8) is 0 Å². The number of benzene rings is 2. The normalized spacial score (nSPS) is 12.1. The van der Waals surface area contributed by atoms with Gasteiger partial charge in [0.2, 0.25) is 0 Å². The Morgan fingerprint density at radius 3 is 2.70 bits per heavy atom. The third kappa shape index (κ3) is 3.79.